The number of aromatic nitrogens is 3. The predicted molar refractivity (Wildman–Crippen MR) is 56.8 cm³/mol. The van der Waals surface area contributed by atoms with Crippen LogP contribution >= 0.6 is 15.9 Å². The van der Waals surface area contributed by atoms with E-state index < -0.39 is 0 Å². The molecule has 2 unspecified atom stereocenters. The molecule has 0 bridgehead atoms. The van der Waals surface area contributed by atoms with Crippen LogP contribution < -0.4 is 11.1 Å². The van der Waals surface area contributed by atoms with Gasteiger partial charge in [0.2, 0.25) is 5.95 Å². The molecule has 1 aromatic heterocycles. The van der Waals surface area contributed by atoms with E-state index >= 15 is 0 Å². The molecule has 0 amide bonds. The molecule has 76 valence electrons. The third-order valence-corrected chi connectivity index (χ3v) is 2.70. The van der Waals surface area contributed by atoms with Crippen LogP contribution in [0.2, 0.25) is 0 Å². The van der Waals surface area contributed by atoms with Crippen molar-refractivity contribution in [3.8, 4) is 0 Å². The van der Waals surface area contributed by atoms with Gasteiger partial charge in [0.1, 0.15) is 4.60 Å². The van der Waals surface area contributed by atoms with E-state index in [1.807, 2.05) is 0 Å². The van der Waals surface area contributed by atoms with Crippen molar-refractivity contribution in [2.45, 2.75) is 31.3 Å². The van der Waals surface area contributed by atoms with E-state index in [0.29, 0.717) is 22.6 Å². The first-order chi connectivity index (χ1) is 6.74. The third-order valence-electron chi connectivity index (χ3n) is 2.34. The van der Waals surface area contributed by atoms with Crippen molar-refractivity contribution >= 4 is 21.9 Å². The molecular formula is C8H12BrN5. The van der Waals surface area contributed by atoms with Gasteiger partial charge < -0.3 is 11.1 Å². The molecule has 2 atom stereocenters. The molecule has 1 aromatic rings. The average Bonchev–Trinajstić information content (AvgIpc) is 2.56. The zero-order valence-corrected chi connectivity index (χ0v) is 9.24. The van der Waals surface area contributed by atoms with Crippen molar-refractivity contribution in [3.63, 3.8) is 0 Å². The molecule has 3 N–H and O–H groups in total. The molecule has 0 spiro atoms. The lowest BCUT2D eigenvalue weighted by Crippen LogP contribution is -2.21. The predicted octanol–water partition coefficient (Wildman–Crippen LogP) is 0.926. The van der Waals surface area contributed by atoms with Crippen LogP contribution in [0.15, 0.2) is 10.8 Å². The van der Waals surface area contributed by atoms with E-state index in [9.17, 15) is 0 Å². The molecular weight excluding hydrogens is 246 g/mol. The van der Waals surface area contributed by atoms with Crippen LogP contribution in [0.3, 0.4) is 0 Å². The van der Waals surface area contributed by atoms with Gasteiger partial charge in [-0.15, -0.1) is 10.2 Å². The summed E-state index contributed by atoms with van der Waals surface area (Å²) < 4.78 is 0.645. The summed E-state index contributed by atoms with van der Waals surface area (Å²) >= 11 is 3.18. The summed E-state index contributed by atoms with van der Waals surface area (Å²) in [6, 6.07) is 0.712. The molecule has 1 aliphatic rings. The molecule has 6 heteroatoms. The normalized spacial score (nSPS) is 26.4. The highest BCUT2D eigenvalue weighted by Crippen LogP contribution is 2.19. The van der Waals surface area contributed by atoms with Gasteiger partial charge in [0.05, 0.1) is 6.20 Å². The van der Waals surface area contributed by atoms with Crippen LogP contribution in [-0.2, 0) is 0 Å². The second-order valence-corrected chi connectivity index (χ2v) is 4.33. The number of nitrogens with two attached hydrogens (primary N) is 1. The van der Waals surface area contributed by atoms with Gasteiger partial charge in [0, 0.05) is 12.1 Å². The number of hydrogen-bond acceptors (Lipinski definition) is 5. The van der Waals surface area contributed by atoms with E-state index in [2.05, 4.69) is 36.4 Å². The summed E-state index contributed by atoms with van der Waals surface area (Å²) in [4.78, 5) is 4.09. The van der Waals surface area contributed by atoms with Crippen molar-refractivity contribution in [1.29, 1.82) is 0 Å². The molecule has 5 nitrogen and oxygen atoms in total. The summed E-state index contributed by atoms with van der Waals surface area (Å²) in [5.74, 6) is 0.576. The molecule has 0 aliphatic heterocycles. The highest BCUT2D eigenvalue weighted by Gasteiger charge is 2.21. The monoisotopic (exact) mass is 257 g/mol. The summed E-state index contributed by atoms with van der Waals surface area (Å²) in [6.07, 6.45) is 4.77. The van der Waals surface area contributed by atoms with E-state index in [1.165, 1.54) is 0 Å². The Morgan fingerprint density at radius 1 is 1.43 bits per heavy atom. The van der Waals surface area contributed by atoms with Crippen molar-refractivity contribution in [2.75, 3.05) is 5.32 Å². The Kier molecular flexibility index (Phi) is 2.93. The maximum atomic E-state index is 5.80. The first kappa shape index (κ1) is 9.79. The van der Waals surface area contributed by atoms with E-state index in [1.54, 1.807) is 6.20 Å². The third kappa shape index (κ3) is 2.39. The fourth-order valence-electron chi connectivity index (χ4n) is 1.66. The molecule has 14 heavy (non-hydrogen) atoms. The highest BCUT2D eigenvalue weighted by molar-refractivity contribution is 9.10. The Labute approximate surface area is 90.6 Å². The summed E-state index contributed by atoms with van der Waals surface area (Å²) in [5.41, 5.74) is 5.80. The molecule has 1 saturated carbocycles. The van der Waals surface area contributed by atoms with Crippen LogP contribution in [0.5, 0.6) is 0 Å². The standard InChI is InChI=1S/C8H12BrN5/c9-7-4-11-8(14-13-7)12-6-2-1-5(10)3-6/h4-6H,1-3,10H2,(H,11,12,14). The maximum Gasteiger partial charge on any atom is 0.242 e. The minimum absolute atomic E-state index is 0.316. The molecule has 2 rings (SSSR count). The van der Waals surface area contributed by atoms with E-state index in [0.717, 1.165) is 19.3 Å². The lowest BCUT2D eigenvalue weighted by Gasteiger charge is -2.10. The first-order valence-electron chi connectivity index (χ1n) is 4.61. The fourth-order valence-corrected chi connectivity index (χ4v) is 1.84. The minimum Gasteiger partial charge on any atom is -0.350 e. The number of anilines is 1. The Morgan fingerprint density at radius 2 is 2.29 bits per heavy atom. The quantitative estimate of drug-likeness (QED) is 0.825. The Morgan fingerprint density at radius 3 is 2.86 bits per heavy atom. The zero-order chi connectivity index (χ0) is 9.97. The number of nitrogens with zero attached hydrogens (tertiary/aromatic N) is 3. The Hall–Kier alpha value is -0.750. The van der Waals surface area contributed by atoms with Gasteiger partial charge in [-0.25, -0.2) is 4.98 Å². The zero-order valence-electron chi connectivity index (χ0n) is 7.65. The lowest BCUT2D eigenvalue weighted by atomic mass is 10.2. The van der Waals surface area contributed by atoms with Gasteiger partial charge in [-0.2, -0.15) is 0 Å². The molecule has 1 fully saturated rings. The number of halogens is 1. The Bertz CT molecular complexity index is 301. The van der Waals surface area contributed by atoms with Gasteiger partial charge in [-0.1, -0.05) is 0 Å². The maximum absolute atomic E-state index is 5.80. The number of rotatable bonds is 2. The second kappa shape index (κ2) is 4.18. The summed E-state index contributed by atoms with van der Waals surface area (Å²) in [5, 5.41) is 11.0. The van der Waals surface area contributed by atoms with Crippen LogP contribution in [0.25, 0.3) is 0 Å². The SMILES string of the molecule is NC1CCC(Nc2ncc(Br)nn2)C1. The van der Waals surface area contributed by atoms with Crippen LogP contribution in [0.4, 0.5) is 5.95 Å². The molecule has 0 radical (unpaired) electrons. The van der Waals surface area contributed by atoms with Crippen molar-refractivity contribution < 1.29 is 0 Å². The molecule has 0 aromatic carbocycles. The van der Waals surface area contributed by atoms with Crippen LogP contribution in [0.1, 0.15) is 19.3 Å². The molecule has 0 saturated heterocycles. The molecule has 1 heterocycles. The van der Waals surface area contributed by atoms with Gasteiger partial charge in [0.25, 0.3) is 0 Å². The van der Waals surface area contributed by atoms with Crippen molar-refractivity contribution in [3.05, 3.63) is 10.8 Å². The lowest BCUT2D eigenvalue weighted by molar-refractivity contribution is 0.683. The van der Waals surface area contributed by atoms with Crippen molar-refractivity contribution in [1.82, 2.24) is 15.2 Å². The number of nitrogens with one attached hydrogen (secondary N) is 1. The first-order valence-corrected chi connectivity index (χ1v) is 5.40. The van der Waals surface area contributed by atoms with E-state index in [4.69, 9.17) is 5.73 Å². The van der Waals surface area contributed by atoms with Gasteiger partial charge in [-0.3, -0.25) is 0 Å². The van der Waals surface area contributed by atoms with Crippen LogP contribution in [0, 0.1) is 0 Å². The van der Waals surface area contributed by atoms with E-state index in [-0.39, 0.29) is 0 Å². The van der Waals surface area contributed by atoms with Gasteiger partial charge >= 0.3 is 0 Å². The average molecular weight is 258 g/mol. The minimum atomic E-state index is 0.316. The van der Waals surface area contributed by atoms with Gasteiger partial charge in [0.15, 0.2) is 0 Å². The largest absolute Gasteiger partial charge is 0.350 e. The van der Waals surface area contributed by atoms with Crippen molar-refractivity contribution in [2.24, 2.45) is 5.73 Å². The Balaban J connectivity index is 1.94. The highest BCUT2D eigenvalue weighted by atomic mass is 79.9. The second-order valence-electron chi connectivity index (χ2n) is 3.52. The summed E-state index contributed by atoms with van der Waals surface area (Å²) in [7, 11) is 0. The topological polar surface area (TPSA) is 76.7 Å². The number of hydrogen-bond donors (Lipinski definition) is 2. The smallest absolute Gasteiger partial charge is 0.242 e. The fraction of sp³-hybridized carbons (Fsp3) is 0.625. The van der Waals surface area contributed by atoms with Gasteiger partial charge in [-0.05, 0) is 35.2 Å². The van der Waals surface area contributed by atoms with Crippen LogP contribution in [-0.4, -0.2) is 27.3 Å². The summed E-state index contributed by atoms with van der Waals surface area (Å²) in [6.45, 7) is 0. The molecule has 1 aliphatic carbocycles.